The van der Waals surface area contributed by atoms with Crippen LogP contribution in [0.2, 0.25) is 0 Å². The number of imidazole rings is 1. The van der Waals surface area contributed by atoms with E-state index in [1.165, 1.54) is 0 Å². The molecule has 8 nitrogen and oxygen atoms in total. The molecule has 0 saturated heterocycles. The Bertz CT molecular complexity index is 1020. The van der Waals surface area contributed by atoms with Crippen molar-refractivity contribution in [2.24, 2.45) is 5.73 Å². The molecule has 1 aliphatic rings. The number of hydrogen-bond donors (Lipinski definition) is 4. The second kappa shape index (κ2) is 8.71. The second-order valence-electron chi connectivity index (χ2n) is 7.90. The molecule has 1 fully saturated rings. The van der Waals surface area contributed by atoms with Gasteiger partial charge in [-0.3, -0.25) is 4.79 Å². The maximum absolute atomic E-state index is 11.6. The number of amides is 1. The van der Waals surface area contributed by atoms with Gasteiger partial charge in [-0.25, -0.2) is 9.50 Å². The lowest BCUT2D eigenvalue weighted by molar-refractivity contribution is -0.115. The minimum Gasteiger partial charge on any atom is -0.366 e. The zero-order valence-electron chi connectivity index (χ0n) is 17.5. The van der Waals surface area contributed by atoms with Gasteiger partial charge < -0.3 is 21.7 Å². The number of nitrogens with zero attached hydrogens (tertiary/aromatic N) is 3. The van der Waals surface area contributed by atoms with Gasteiger partial charge in [0.05, 0.1) is 5.69 Å². The van der Waals surface area contributed by atoms with Crippen LogP contribution in [-0.2, 0) is 4.79 Å². The number of nitrogens with two attached hydrogens (primary N) is 1. The summed E-state index contributed by atoms with van der Waals surface area (Å²) in [4.78, 5) is 16.1. The van der Waals surface area contributed by atoms with E-state index in [1.807, 2.05) is 37.4 Å². The standard InChI is InChI=1S/C22H29N7O/c1-3-19(30)25-16-8-10-17(11-9-16)26-20-14(2)21(28-29-13-12-24-22(20)29)27-18-6-4-15(23)5-7-18/h8-13,15,18,26H,3-7,23H2,1-2H3,(H,25,30)(H,27,28). The van der Waals surface area contributed by atoms with Crippen molar-refractivity contribution in [3.8, 4) is 0 Å². The van der Waals surface area contributed by atoms with E-state index in [0.29, 0.717) is 18.5 Å². The minimum absolute atomic E-state index is 0.000772. The summed E-state index contributed by atoms with van der Waals surface area (Å²) in [7, 11) is 0. The van der Waals surface area contributed by atoms with Gasteiger partial charge in [-0.05, 0) is 56.9 Å². The third-order valence-corrected chi connectivity index (χ3v) is 5.66. The summed E-state index contributed by atoms with van der Waals surface area (Å²) in [6.07, 6.45) is 8.24. The van der Waals surface area contributed by atoms with E-state index in [0.717, 1.165) is 59.8 Å². The quantitative estimate of drug-likeness (QED) is 0.495. The highest BCUT2D eigenvalue weighted by Gasteiger charge is 2.21. The van der Waals surface area contributed by atoms with Crippen LogP contribution in [0.4, 0.5) is 22.9 Å². The Morgan fingerprint density at radius 1 is 1.17 bits per heavy atom. The fraction of sp³-hybridized carbons (Fsp3) is 0.409. The molecule has 8 heteroatoms. The predicted octanol–water partition coefficient (Wildman–Crippen LogP) is 3.81. The average molecular weight is 408 g/mol. The Hall–Kier alpha value is -3.13. The normalized spacial score (nSPS) is 18.9. The largest absolute Gasteiger partial charge is 0.366 e. The molecule has 0 bridgehead atoms. The number of nitrogens with one attached hydrogen (secondary N) is 3. The molecule has 4 rings (SSSR count). The molecule has 1 amide bonds. The van der Waals surface area contributed by atoms with Crippen molar-refractivity contribution >= 4 is 34.4 Å². The summed E-state index contributed by atoms with van der Waals surface area (Å²) in [6.45, 7) is 3.89. The summed E-state index contributed by atoms with van der Waals surface area (Å²) in [5.74, 6) is 0.856. The number of hydrogen-bond acceptors (Lipinski definition) is 6. The molecule has 2 aromatic heterocycles. The number of carbonyl (C=O) groups is 1. The molecule has 1 aromatic carbocycles. The molecule has 1 aliphatic carbocycles. The fourth-order valence-corrected chi connectivity index (χ4v) is 3.80. The van der Waals surface area contributed by atoms with Crippen molar-refractivity contribution in [1.82, 2.24) is 14.6 Å². The predicted molar refractivity (Wildman–Crippen MR) is 120 cm³/mol. The van der Waals surface area contributed by atoms with Crippen molar-refractivity contribution in [3.05, 3.63) is 42.2 Å². The topological polar surface area (TPSA) is 109 Å². The van der Waals surface area contributed by atoms with Gasteiger partial charge >= 0.3 is 0 Å². The first-order valence-corrected chi connectivity index (χ1v) is 10.6. The lowest BCUT2D eigenvalue weighted by Crippen LogP contribution is -2.33. The van der Waals surface area contributed by atoms with Gasteiger partial charge in [0, 0.05) is 47.8 Å². The zero-order chi connectivity index (χ0) is 21.1. The van der Waals surface area contributed by atoms with Crippen molar-refractivity contribution in [1.29, 1.82) is 0 Å². The van der Waals surface area contributed by atoms with Gasteiger partial charge in [0.1, 0.15) is 0 Å². The van der Waals surface area contributed by atoms with Gasteiger partial charge in [-0.1, -0.05) is 6.92 Å². The highest BCUT2D eigenvalue weighted by molar-refractivity contribution is 5.90. The van der Waals surface area contributed by atoms with E-state index in [4.69, 9.17) is 10.8 Å². The van der Waals surface area contributed by atoms with E-state index in [-0.39, 0.29) is 5.91 Å². The van der Waals surface area contributed by atoms with Crippen LogP contribution in [0.3, 0.4) is 0 Å². The third-order valence-electron chi connectivity index (χ3n) is 5.66. The van der Waals surface area contributed by atoms with E-state index in [2.05, 4.69) is 27.9 Å². The smallest absolute Gasteiger partial charge is 0.224 e. The third kappa shape index (κ3) is 4.38. The van der Waals surface area contributed by atoms with Crippen molar-refractivity contribution in [2.45, 2.75) is 58.0 Å². The second-order valence-corrected chi connectivity index (χ2v) is 7.90. The van der Waals surface area contributed by atoms with Crippen molar-refractivity contribution in [2.75, 3.05) is 16.0 Å². The lowest BCUT2D eigenvalue weighted by Gasteiger charge is -2.28. The fourth-order valence-electron chi connectivity index (χ4n) is 3.80. The van der Waals surface area contributed by atoms with Gasteiger partial charge in [-0.2, -0.15) is 0 Å². The van der Waals surface area contributed by atoms with E-state index in [1.54, 1.807) is 10.7 Å². The Morgan fingerprint density at radius 2 is 1.87 bits per heavy atom. The molecule has 30 heavy (non-hydrogen) atoms. The number of aromatic nitrogens is 3. The van der Waals surface area contributed by atoms with Crippen LogP contribution in [-0.4, -0.2) is 32.6 Å². The van der Waals surface area contributed by atoms with E-state index < -0.39 is 0 Å². The first-order chi connectivity index (χ1) is 14.5. The lowest BCUT2D eigenvalue weighted by atomic mass is 9.92. The molecule has 0 spiro atoms. The molecule has 158 valence electrons. The molecule has 0 atom stereocenters. The maximum Gasteiger partial charge on any atom is 0.224 e. The molecule has 0 aliphatic heterocycles. The highest BCUT2D eigenvalue weighted by Crippen LogP contribution is 2.31. The molecule has 0 radical (unpaired) electrons. The molecular weight excluding hydrogens is 378 g/mol. The SMILES string of the molecule is CCC(=O)Nc1ccc(Nc2c(C)c(NC3CCC(N)CC3)nn3ccnc23)cc1. The van der Waals surface area contributed by atoms with Crippen molar-refractivity contribution in [3.63, 3.8) is 0 Å². The first-order valence-electron chi connectivity index (χ1n) is 10.6. The van der Waals surface area contributed by atoms with Crippen LogP contribution < -0.4 is 21.7 Å². The van der Waals surface area contributed by atoms with E-state index in [9.17, 15) is 4.79 Å². The minimum atomic E-state index is -0.000772. The molecular formula is C22H29N7O. The van der Waals surface area contributed by atoms with Crippen LogP contribution in [0.15, 0.2) is 36.7 Å². The number of carbonyl (C=O) groups excluding carboxylic acids is 1. The summed E-state index contributed by atoms with van der Waals surface area (Å²) >= 11 is 0. The van der Waals surface area contributed by atoms with Crippen molar-refractivity contribution < 1.29 is 4.79 Å². The van der Waals surface area contributed by atoms with Crippen LogP contribution in [0.5, 0.6) is 0 Å². The Morgan fingerprint density at radius 3 is 2.57 bits per heavy atom. The Kier molecular flexibility index (Phi) is 5.85. The first kappa shape index (κ1) is 20.2. The summed E-state index contributed by atoms with van der Waals surface area (Å²) in [6, 6.07) is 8.36. The summed E-state index contributed by atoms with van der Waals surface area (Å²) in [5.41, 5.74) is 10.4. The molecule has 0 unspecified atom stereocenters. The number of rotatable bonds is 6. The number of fused-ring (bicyclic) bond motifs is 1. The zero-order valence-corrected chi connectivity index (χ0v) is 17.5. The summed E-state index contributed by atoms with van der Waals surface area (Å²) in [5, 5.41) is 14.7. The van der Waals surface area contributed by atoms with Crippen LogP contribution in [0.1, 0.15) is 44.6 Å². The Balaban J connectivity index is 1.58. The van der Waals surface area contributed by atoms with Gasteiger partial charge in [0.25, 0.3) is 0 Å². The monoisotopic (exact) mass is 407 g/mol. The van der Waals surface area contributed by atoms with Crippen LogP contribution >= 0.6 is 0 Å². The van der Waals surface area contributed by atoms with Gasteiger partial charge in [0.2, 0.25) is 5.91 Å². The highest BCUT2D eigenvalue weighted by atomic mass is 16.1. The maximum atomic E-state index is 11.6. The van der Waals surface area contributed by atoms with Gasteiger partial charge in [-0.15, -0.1) is 5.10 Å². The Labute approximate surface area is 176 Å². The van der Waals surface area contributed by atoms with E-state index >= 15 is 0 Å². The van der Waals surface area contributed by atoms with Crippen LogP contribution in [0.25, 0.3) is 5.65 Å². The van der Waals surface area contributed by atoms with Crippen LogP contribution in [0, 0.1) is 6.92 Å². The number of anilines is 4. The summed E-state index contributed by atoms with van der Waals surface area (Å²) < 4.78 is 1.79. The molecule has 3 aromatic rings. The van der Waals surface area contributed by atoms with Gasteiger partial charge in [0.15, 0.2) is 11.5 Å². The number of benzene rings is 1. The molecule has 2 heterocycles. The molecule has 5 N–H and O–H groups in total. The molecule has 1 saturated carbocycles. The average Bonchev–Trinajstić information content (AvgIpc) is 3.22.